The molecule has 0 unspecified atom stereocenters. The van der Waals surface area contributed by atoms with Crippen LogP contribution in [0.4, 0.5) is 5.95 Å². The highest BCUT2D eigenvalue weighted by atomic mass is 35.5. The third kappa shape index (κ3) is 4.78. The summed E-state index contributed by atoms with van der Waals surface area (Å²) in [4.78, 5) is 26.6. The summed E-state index contributed by atoms with van der Waals surface area (Å²) in [7, 11) is 0. The third-order valence-corrected chi connectivity index (χ3v) is 10.9. The minimum atomic E-state index is -0.655. The average Bonchev–Trinajstić information content (AvgIpc) is 3.29. The number of hydrogen-bond donors (Lipinski definition) is 1. The molecule has 2 atom stereocenters. The number of rotatable bonds is 7. The van der Waals surface area contributed by atoms with Gasteiger partial charge in [0.2, 0.25) is 5.95 Å². The molecule has 2 aliphatic carbocycles. The fourth-order valence-corrected chi connectivity index (χ4v) is 7.89. The van der Waals surface area contributed by atoms with Crippen molar-refractivity contribution in [2.45, 2.75) is 76.8 Å². The molecule has 3 aromatic rings. The highest BCUT2D eigenvalue weighted by Crippen LogP contribution is 2.46. The number of carboxylic acid groups (broad SMARTS) is 1. The van der Waals surface area contributed by atoms with Crippen molar-refractivity contribution < 1.29 is 9.90 Å². The van der Waals surface area contributed by atoms with Gasteiger partial charge in [0.15, 0.2) is 11.2 Å². The van der Waals surface area contributed by atoms with Gasteiger partial charge >= 0.3 is 5.97 Å². The number of carboxylic acids is 1. The quantitative estimate of drug-likeness (QED) is 0.364. The summed E-state index contributed by atoms with van der Waals surface area (Å²) < 4.78 is 1.87. The molecule has 4 fully saturated rings. The summed E-state index contributed by atoms with van der Waals surface area (Å²) in [5.41, 5.74) is 2.96. The van der Waals surface area contributed by atoms with Gasteiger partial charge in [0.05, 0.1) is 17.2 Å². The molecule has 2 aromatic heterocycles. The summed E-state index contributed by atoms with van der Waals surface area (Å²) >= 11 is 12.7. The Morgan fingerprint density at radius 2 is 1.85 bits per heavy atom. The van der Waals surface area contributed by atoms with Crippen molar-refractivity contribution in [1.82, 2.24) is 29.9 Å². The number of carbonyl (C=O) groups is 1. The minimum absolute atomic E-state index is 0.159. The van der Waals surface area contributed by atoms with E-state index in [0.29, 0.717) is 33.8 Å². The lowest BCUT2D eigenvalue weighted by molar-refractivity contribution is -0.158. The van der Waals surface area contributed by atoms with Crippen LogP contribution >= 0.6 is 23.2 Å². The summed E-state index contributed by atoms with van der Waals surface area (Å²) in [6.07, 6.45) is 7.43. The lowest BCUT2D eigenvalue weighted by atomic mass is 9.65. The molecule has 0 bridgehead atoms. The molecule has 2 saturated carbocycles. The van der Waals surface area contributed by atoms with Gasteiger partial charge in [0, 0.05) is 41.6 Å². The maximum atomic E-state index is 11.6. The normalized spacial score (nSPS) is 28.2. The van der Waals surface area contributed by atoms with Crippen LogP contribution in [0.1, 0.15) is 82.0 Å². The first-order valence-electron chi connectivity index (χ1n) is 15.0. The van der Waals surface area contributed by atoms with Gasteiger partial charge in [0.25, 0.3) is 0 Å². The van der Waals surface area contributed by atoms with E-state index in [2.05, 4.69) is 27.0 Å². The van der Waals surface area contributed by atoms with Crippen LogP contribution in [0.2, 0.25) is 10.0 Å². The number of hydrogen-bond acceptors (Lipinski definition) is 7. The van der Waals surface area contributed by atoms with Crippen molar-refractivity contribution in [3.05, 3.63) is 39.5 Å². The molecular formula is C30H37Cl2N7O2. The summed E-state index contributed by atoms with van der Waals surface area (Å²) in [5, 5.41) is 19.8. The van der Waals surface area contributed by atoms with Crippen molar-refractivity contribution >= 4 is 46.3 Å². The molecule has 9 nitrogen and oxygen atoms in total. The van der Waals surface area contributed by atoms with Gasteiger partial charge in [-0.2, -0.15) is 4.98 Å². The zero-order valence-electron chi connectivity index (χ0n) is 23.6. The number of aromatic nitrogens is 5. The Hall–Kier alpha value is -2.49. The first kappa shape index (κ1) is 27.3. The van der Waals surface area contributed by atoms with Crippen molar-refractivity contribution in [3.63, 3.8) is 0 Å². The summed E-state index contributed by atoms with van der Waals surface area (Å²) in [5.74, 6) is 1.76. The van der Waals surface area contributed by atoms with Gasteiger partial charge in [-0.05, 0) is 88.4 Å². The number of anilines is 1. The second-order valence-corrected chi connectivity index (χ2v) is 13.9. The monoisotopic (exact) mass is 597 g/mol. The largest absolute Gasteiger partial charge is 0.481 e. The lowest BCUT2D eigenvalue weighted by Gasteiger charge is -2.52. The van der Waals surface area contributed by atoms with E-state index in [4.69, 9.17) is 33.2 Å². The zero-order valence-corrected chi connectivity index (χ0v) is 25.2. The Morgan fingerprint density at radius 1 is 1.07 bits per heavy atom. The van der Waals surface area contributed by atoms with Gasteiger partial charge in [-0.3, -0.25) is 4.79 Å². The molecule has 0 amide bonds. The van der Waals surface area contributed by atoms with Gasteiger partial charge in [-0.15, -0.1) is 5.10 Å². The molecule has 4 heterocycles. The van der Waals surface area contributed by atoms with Gasteiger partial charge in [-0.25, -0.2) is 9.67 Å². The zero-order chi connectivity index (χ0) is 28.5. The maximum absolute atomic E-state index is 11.6. The Morgan fingerprint density at radius 3 is 2.54 bits per heavy atom. The smallest absolute Gasteiger partial charge is 0.309 e. The van der Waals surface area contributed by atoms with Gasteiger partial charge < -0.3 is 14.9 Å². The highest BCUT2D eigenvalue weighted by molar-refractivity contribution is 6.35. The molecule has 2 saturated heterocycles. The Labute approximate surface area is 250 Å². The molecule has 0 spiro atoms. The molecule has 1 aromatic carbocycles. The maximum Gasteiger partial charge on any atom is 0.309 e. The molecule has 7 rings (SSSR count). The standard InChI is InChI=1S/C30H37Cl2N7O2/c1-17(23-9-8-21(31)11-24(23)32)39-27-26(35-36-39)25(18-5-3-6-18)33-29(34-27)38-15-20(16-38)19-7-4-10-37(14-19)22-12-30(2,13-22)28(40)41/h8-9,11,17-20,22H,3-7,10,12-16H2,1-2H3,(H,40,41)/t17-,19+,22?,30?/m1/s1. The Balaban J connectivity index is 1.09. The predicted molar refractivity (Wildman–Crippen MR) is 159 cm³/mol. The topological polar surface area (TPSA) is 100 Å². The van der Waals surface area contributed by atoms with Crippen LogP contribution < -0.4 is 4.90 Å². The Bertz CT molecular complexity index is 1480. The number of piperidine rings is 1. The van der Waals surface area contributed by atoms with Crippen molar-refractivity contribution in [2.24, 2.45) is 17.3 Å². The Kier molecular flexibility index (Phi) is 6.90. The van der Waals surface area contributed by atoms with Crippen LogP contribution in [0.25, 0.3) is 11.2 Å². The predicted octanol–water partition coefficient (Wildman–Crippen LogP) is 5.81. The van der Waals surface area contributed by atoms with E-state index in [-0.39, 0.29) is 6.04 Å². The molecule has 41 heavy (non-hydrogen) atoms. The van der Waals surface area contributed by atoms with E-state index in [1.807, 2.05) is 23.7 Å². The third-order valence-electron chi connectivity index (χ3n) is 10.4. The van der Waals surface area contributed by atoms with Crippen LogP contribution in [0.5, 0.6) is 0 Å². The second kappa shape index (κ2) is 10.3. The SMILES string of the molecule is C[C@H](c1ccc(Cl)cc1Cl)n1nnc2c(C3CCC3)nc(N3CC([C@H]4CCCN(C5CC(C)(C(=O)O)C5)C4)C3)nc21. The van der Waals surface area contributed by atoms with Crippen molar-refractivity contribution in [3.8, 4) is 0 Å². The molecule has 0 radical (unpaired) electrons. The van der Waals surface area contributed by atoms with E-state index in [1.165, 1.54) is 19.3 Å². The van der Waals surface area contributed by atoms with Crippen LogP contribution in [0, 0.1) is 17.3 Å². The van der Waals surface area contributed by atoms with Crippen molar-refractivity contribution in [2.75, 3.05) is 31.1 Å². The fourth-order valence-electron chi connectivity index (χ4n) is 7.32. The molecular weight excluding hydrogens is 561 g/mol. The minimum Gasteiger partial charge on any atom is -0.481 e. The van der Waals surface area contributed by atoms with Crippen LogP contribution in [-0.2, 0) is 4.79 Å². The second-order valence-electron chi connectivity index (χ2n) is 13.1. The highest BCUT2D eigenvalue weighted by Gasteiger charge is 2.50. The number of fused-ring (bicyclic) bond motifs is 1. The lowest BCUT2D eigenvalue weighted by Crippen LogP contribution is -2.58. The number of nitrogens with zero attached hydrogens (tertiary/aromatic N) is 7. The van der Waals surface area contributed by atoms with E-state index in [9.17, 15) is 9.90 Å². The number of benzene rings is 1. The summed E-state index contributed by atoms with van der Waals surface area (Å²) in [6, 6.07) is 5.80. The van der Waals surface area contributed by atoms with Crippen molar-refractivity contribution in [1.29, 1.82) is 0 Å². The van der Waals surface area contributed by atoms with Gasteiger partial charge in [0.1, 0.15) is 0 Å². The van der Waals surface area contributed by atoms with E-state index in [0.717, 1.165) is 80.2 Å². The molecule has 1 N–H and O–H groups in total. The average molecular weight is 599 g/mol. The van der Waals surface area contributed by atoms with Crippen LogP contribution in [0.3, 0.4) is 0 Å². The van der Waals surface area contributed by atoms with Crippen LogP contribution in [0.15, 0.2) is 18.2 Å². The van der Waals surface area contributed by atoms with E-state index >= 15 is 0 Å². The number of halogens is 2. The molecule has 218 valence electrons. The number of aliphatic carboxylic acids is 1. The molecule has 2 aliphatic heterocycles. The van der Waals surface area contributed by atoms with E-state index < -0.39 is 11.4 Å². The molecule has 4 aliphatic rings. The fraction of sp³-hybridized carbons (Fsp3) is 0.633. The molecule has 11 heteroatoms. The first-order valence-corrected chi connectivity index (χ1v) is 15.8. The van der Waals surface area contributed by atoms with Crippen LogP contribution in [-0.4, -0.2) is 73.2 Å². The summed E-state index contributed by atoms with van der Waals surface area (Å²) in [6.45, 7) is 8.01. The van der Waals surface area contributed by atoms with Gasteiger partial charge in [-0.1, -0.05) is 40.9 Å². The first-order chi connectivity index (χ1) is 19.7. The number of likely N-dealkylation sites (tertiary alicyclic amines) is 1. The van der Waals surface area contributed by atoms with E-state index in [1.54, 1.807) is 6.07 Å².